The van der Waals surface area contributed by atoms with E-state index in [4.69, 9.17) is 11.1 Å². The number of benzene rings is 6. The average molecular weight is 986 g/mol. The molecule has 0 aliphatic heterocycles. The van der Waals surface area contributed by atoms with Crippen LogP contribution in [0.3, 0.4) is 0 Å². The lowest BCUT2D eigenvalue weighted by molar-refractivity contribution is -0.127. The molecule has 0 atom stereocenters. The first-order chi connectivity index (χ1) is 31.7. The van der Waals surface area contributed by atoms with Gasteiger partial charge in [0.15, 0.2) is 5.96 Å². The molecule has 0 saturated heterocycles. The van der Waals surface area contributed by atoms with Gasteiger partial charge in [-0.25, -0.2) is 0 Å². The molecule has 0 heterocycles. The normalized spacial score (nSPS) is 14.3. The highest BCUT2D eigenvalue weighted by molar-refractivity contribution is 8.93. The summed E-state index contributed by atoms with van der Waals surface area (Å²) in [6.07, 6.45) is 7.54. The second-order valence-electron chi connectivity index (χ2n) is 17.6. The van der Waals surface area contributed by atoms with Gasteiger partial charge in [0.2, 0.25) is 11.8 Å². The minimum atomic E-state index is -1.88. The number of guanidine groups is 1. The van der Waals surface area contributed by atoms with Crippen molar-refractivity contribution in [1.29, 1.82) is 5.41 Å². The van der Waals surface area contributed by atoms with Crippen LogP contribution in [-0.4, -0.2) is 75.3 Å². The smallest absolute Gasteiger partial charge is 0.228 e. The summed E-state index contributed by atoms with van der Waals surface area (Å²) in [6.45, 7) is 2.63. The van der Waals surface area contributed by atoms with Gasteiger partial charge in [-0.2, -0.15) is 0 Å². The van der Waals surface area contributed by atoms with Crippen LogP contribution in [-0.2, 0) is 9.59 Å². The third kappa shape index (κ3) is 11.7. The number of nitrogens with zero attached hydrogens (tertiary/aromatic N) is 1. The number of carbonyl (C=O) groups excluding carboxylic acids is 2. The maximum atomic E-state index is 13.0. The predicted octanol–water partition coefficient (Wildman–Crippen LogP) is 7.16. The van der Waals surface area contributed by atoms with Crippen LogP contribution in [0.15, 0.2) is 182 Å². The van der Waals surface area contributed by atoms with E-state index in [0.29, 0.717) is 13.1 Å². The van der Waals surface area contributed by atoms with E-state index in [1.54, 1.807) is 11.9 Å². The summed E-state index contributed by atoms with van der Waals surface area (Å²) >= 11 is 0. The molecule has 0 spiro atoms. The number of hydrogen-bond acceptors (Lipinski definition) is 4. The molecule has 6 aromatic rings. The second kappa shape index (κ2) is 23.5. The fraction of sp³-hybridized carbons (Fsp3) is 0.291. The van der Waals surface area contributed by atoms with Crippen molar-refractivity contribution in [1.82, 2.24) is 20.9 Å². The van der Waals surface area contributed by atoms with E-state index in [1.165, 1.54) is 31.8 Å². The Morgan fingerprint density at radius 3 is 1.05 bits per heavy atom. The van der Waals surface area contributed by atoms with E-state index in [2.05, 4.69) is 198 Å². The standard InChI is InChI=1S/C28H33N4OP.C27H31N2OP.BrH/c1-32(27(29)30)22-28(18-19-28)26(33)31-20-11-21-34(23-12-5-2-6-13-23,24-14-7-3-8-15-24)25-16-9-4-10-17-25;1-28-22-27(18-19-27)26(30)29-20-11-21-31(23-12-5-2-6-13-23,24-14-7-3-8-15-24)25-16-9-4-10-17-25;/h2-10,12-17H,11,18-22H2,1H3,(H3-,29,30,31,33);2-10,12-17,28H,11,18-22H2,1H3;1H/p+2. The van der Waals surface area contributed by atoms with Crippen LogP contribution in [0.4, 0.5) is 0 Å². The SMILES string of the molecule is Br.CN(CC1(C(=O)NCCC[P+](c2ccccc2)(c2ccccc2)c2ccccc2)CC1)C(=N)N.CNCC1(C(=O)NCCC[P+](c2ccccc2)(c2ccccc2)c2ccccc2)CC1. The van der Waals surface area contributed by atoms with Gasteiger partial charge in [-0.15, -0.1) is 17.0 Å². The van der Waals surface area contributed by atoms with Gasteiger partial charge in [0.05, 0.1) is 23.2 Å². The van der Waals surface area contributed by atoms with Crippen molar-refractivity contribution in [2.75, 3.05) is 52.6 Å². The molecule has 8 nitrogen and oxygen atoms in total. The van der Waals surface area contributed by atoms with E-state index in [9.17, 15) is 9.59 Å². The van der Waals surface area contributed by atoms with Crippen molar-refractivity contribution < 1.29 is 9.59 Å². The van der Waals surface area contributed by atoms with Crippen LogP contribution in [0, 0.1) is 16.2 Å². The number of carbonyl (C=O) groups is 2. The van der Waals surface area contributed by atoms with Crippen LogP contribution in [0.5, 0.6) is 0 Å². The summed E-state index contributed by atoms with van der Waals surface area (Å²) in [5.41, 5.74) is 5.02. The number of nitrogens with one attached hydrogen (secondary N) is 4. The number of rotatable bonds is 20. The molecular weight excluding hydrogens is 918 g/mol. The van der Waals surface area contributed by atoms with Crippen LogP contribution >= 0.6 is 31.5 Å². The monoisotopic (exact) mass is 984 g/mol. The highest BCUT2D eigenvalue weighted by Gasteiger charge is 2.51. The predicted molar refractivity (Wildman–Crippen MR) is 287 cm³/mol. The van der Waals surface area contributed by atoms with Gasteiger partial charge in [0, 0.05) is 33.2 Å². The van der Waals surface area contributed by atoms with Gasteiger partial charge in [0.1, 0.15) is 46.4 Å². The van der Waals surface area contributed by atoms with Gasteiger partial charge >= 0.3 is 0 Å². The molecule has 2 saturated carbocycles. The van der Waals surface area contributed by atoms with Crippen molar-refractivity contribution in [2.24, 2.45) is 16.6 Å². The molecule has 0 aromatic heterocycles. The molecule has 8 rings (SSSR count). The molecular formula is C55H67BrN6O2P2+2. The van der Waals surface area contributed by atoms with Crippen LogP contribution in [0.2, 0.25) is 0 Å². The molecule has 2 aliphatic rings. The summed E-state index contributed by atoms with van der Waals surface area (Å²) in [5, 5.41) is 25.5. The van der Waals surface area contributed by atoms with Gasteiger partial charge in [0.25, 0.3) is 0 Å². The van der Waals surface area contributed by atoms with Crippen LogP contribution in [0.1, 0.15) is 38.5 Å². The molecule has 6 N–H and O–H groups in total. The molecule has 2 amide bonds. The molecule has 0 unspecified atom stereocenters. The molecule has 2 fully saturated rings. The Morgan fingerprint density at radius 1 is 0.530 bits per heavy atom. The van der Waals surface area contributed by atoms with Crippen LogP contribution < -0.4 is 53.5 Å². The molecule has 344 valence electrons. The third-order valence-corrected chi connectivity index (χ3v) is 22.3. The second-order valence-corrected chi connectivity index (χ2v) is 24.9. The van der Waals surface area contributed by atoms with Gasteiger partial charge in [-0.1, -0.05) is 109 Å². The summed E-state index contributed by atoms with van der Waals surface area (Å²) in [7, 11) is 0.00160. The summed E-state index contributed by atoms with van der Waals surface area (Å²) in [4.78, 5) is 27.3. The van der Waals surface area contributed by atoms with E-state index in [1.807, 2.05) is 7.05 Å². The van der Waals surface area contributed by atoms with Crippen molar-refractivity contribution in [3.05, 3.63) is 182 Å². The zero-order valence-corrected chi connectivity index (χ0v) is 42.0. The summed E-state index contributed by atoms with van der Waals surface area (Å²) in [5.74, 6) is 0.302. The molecule has 2 aliphatic carbocycles. The zero-order valence-electron chi connectivity index (χ0n) is 38.4. The van der Waals surface area contributed by atoms with Crippen molar-refractivity contribution in [2.45, 2.75) is 38.5 Å². The maximum absolute atomic E-state index is 13.0. The topological polar surface area (TPSA) is 123 Å². The Kier molecular flexibility index (Phi) is 17.9. The zero-order chi connectivity index (χ0) is 45.6. The molecule has 6 aromatic carbocycles. The average Bonchev–Trinajstić information content (AvgIpc) is 4.31. The first kappa shape index (κ1) is 50.2. The first-order valence-electron chi connectivity index (χ1n) is 23.1. The van der Waals surface area contributed by atoms with E-state index in [-0.39, 0.29) is 40.2 Å². The number of halogens is 1. The third-order valence-electron chi connectivity index (χ3n) is 13.2. The lowest BCUT2D eigenvalue weighted by Gasteiger charge is -2.28. The highest BCUT2D eigenvalue weighted by Crippen LogP contribution is 2.57. The Bertz CT molecular complexity index is 2230. The quantitative estimate of drug-likeness (QED) is 0.0241. The molecule has 11 heteroatoms. The molecule has 0 bridgehead atoms. The van der Waals surface area contributed by atoms with Gasteiger partial charge in [-0.3, -0.25) is 15.0 Å². The van der Waals surface area contributed by atoms with E-state index in [0.717, 1.165) is 63.9 Å². The number of nitrogens with two attached hydrogens (primary N) is 1. The Balaban J connectivity index is 0.000000216. The van der Waals surface area contributed by atoms with E-state index >= 15 is 0 Å². The lowest BCUT2D eigenvalue weighted by atomic mass is 10.1. The summed E-state index contributed by atoms with van der Waals surface area (Å²) < 4.78 is 0. The largest absolute Gasteiger partial charge is 0.370 e. The lowest BCUT2D eigenvalue weighted by Crippen LogP contribution is -2.43. The molecule has 66 heavy (non-hydrogen) atoms. The Hall–Kier alpha value is -5.17. The fourth-order valence-electron chi connectivity index (χ4n) is 9.30. The number of amides is 2. The Morgan fingerprint density at radius 2 is 0.803 bits per heavy atom. The molecule has 0 radical (unpaired) electrons. The fourth-order valence-corrected chi connectivity index (χ4v) is 18.0. The minimum Gasteiger partial charge on any atom is -0.370 e. The van der Waals surface area contributed by atoms with E-state index < -0.39 is 19.9 Å². The van der Waals surface area contributed by atoms with Crippen LogP contribution in [0.25, 0.3) is 0 Å². The maximum Gasteiger partial charge on any atom is 0.228 e. The van der Waals surface area contributed by atoms with Gasteiger partial charge in [-0.05, 0) is 118 Å². The number of hydrogen-bond donors (Lipinski definition) is 5. The van der Waals surface area contributed by atoms with Crippen molar-refractivity contribution >= 4 is 81.1 Å². The van der Waals surface area contributed by atoms with Gasteiger partial charge < -0.3 is 26.6 Å². The summed E-state index contributed by atoms with van der Waals surface area (Å²) in [6, 6.07) is 65.3. The minimum absolute atomic E-state index is 0. The highest BCUT2D eigenvalue weighted by atomic mass is 79.9. The Labute approximate surface area is 404 Å². The van der Waals surface area contributed by atoms with Crippen molar-refractivity contribution in [3.63, 3.8) is 0 Å². The first-order valence-corrected chi connectivity index (χ1v) is 27.0. The van der Waals surface area contributed by atoms with Crippen molar-refractivity contribution in [3.8, 4) is 0 Å².